The zero-order chi connectivity index (χ0) is 31.4. The maximum absolute atomic E-state index is 6.71. The van der Waals surface area contributed by atoms with Crippen molar-refractivity contribution in [3.63, 3.8) is 0 Å². The van der Waals surface area contributed by atoms with E-state index in [1.807, 2.05) is 6.07 Å². The van der Waals surface area contributed by atoms with Crippen molar-refractivity contribution in [3.8, 4) is 22.3 Å². The fourth-order valence-electron chi connectivity index (χ4n) is 8.78. The molecule has 2 unspecified atom stereocenters. The number of fused-ring (bicyclic) bond motifs is 15. The van der Waals surface area contributed by atoms with Gasteiger partial charge in [-0.25, -0.2) is 0 Å². The second-order valence-electron chi connectivity index (χ2n) is 13.1. The van der Waals surface area contributed by atoms with E-state index in [4.69, 9.17) is 9.41 Å². The lowest BCUT2D eigenvalue weighted by atomic mass is 9.70. The lowest BCUT2D eigenvalue weighted by molar-refractivity contribution is 0.669. The molecule has 1 N–H and O–H groups in total. The van der Waals surface area contributed by atoms with E-state index in [0.717, 1.165) is 44.6 Å². The topological polar surface area (TPSA) is 37.5 Å². The van der Waals surface area contributed by atoms with Crippen molar-refractivity contribution < 1.29 is 4.42 Å². The van der Waals surface area contributed by atoms with Gasteiger partial charge < -0.3 is 9.73 Å². The summed E-state index contributed by atoms with van der Waals surface area (Å²) in [7, 11) is 0. The first-order chi connectivity index (χ1) is 23.8. The van der Waals surface area contributed by atoms with E-state index in [1.165, 1.54) is 50.1 Å². The predicted octanol–water partition coefficient (Wildman–Crippen LogP) is 10.2. The number of para-hydroxylation sites is 1. The summed E-state index contributed by atoms with van der Waals surface area (Å²) < 4.78 is 6.71. The Morgan fingerprint density at radius 2 is 1.33 bits per heavy atom. The zero-order valence-electron chi connectivity index (χ0n) is 25.9. The van der Waals surface area contributed by atoms with Gasteiger partial charge in [0.2, 0.25) is 0 Å². The molecule has 11 rings (SSSR count). The molecule has 0 bridgehead atoms. The average molecular weight is 613 g/mol. The van der Waals surface area contributed by atoms with Crippen LogP contribution in [-0.4, -0.2) is 11.9 Å². The van der Waals surface area contributed by atoms with Crippen LogP contribution in [0.1, 0.15) is 33.4 Å². The molecule has 4 aliphatic rings. The van der Waals surface area contributed by atoms with Crippen molar-refractivity contribution >= 4 is 33.5 Å². The minimum atomic E-state index is -0.493. The molecule has 0 amide bonds. The van der Waals surface area contributed by atoms with Crippen LogP contribution in [0.25, 0.3) is 49.9 Å². The van der Waals surface area contributed by atoms with E-state index in [9.17, 15) is 0 Å². The molecule has 0 fully saturated rings. The second-order valence-corrected chi connectivity index (χ2v) is 13.1. The molecule has 0 saturated carbocycles. The number of amidine groups is 1. The number of furan rings is 1. The molecule has 1 spiro atoms. The molecule has 3 heteroatoms. The van der Waals surface area contributed by atoms with E-state index in [-0.39, 0.29) is 6.04 Å². The minimum absolute atomic E-state index is 0.0461. The number of allylic oxidation sites excluding steroid dienone is 2. The molecule has 0 radical (unpaired) electrons. The van der Waals surface area contributed by atoms with E-state index in [0.29, 0.717) is 0 Å². The molecule has 0 saturated heterocycles. The summed E-state index contributed by atoms with van der Waals surface area (Å²) in [5.74, 6) is 0.885. The Hall–Kier alpha value is -6.19. The van der Waals surface area contributed by atoms with Gasteiger partial charge in [-0.1, -0.05) is 146 Å². The molecule has 6 aromatic carbocycles. The van der Waals surface area contributed by atoms with Crippen LogP contribution in [0, 0.1) is 0 Å². The highest BCUT2D eigenvalue weighted by molar-refractivity contribution is 6.13. The van der Waals surface area contributed by atoms with Crippen molar-refractivity contribution in [2.75, 3.05) is 0 Å². The van der Waals surface area contributed by atoms with Crippen LogP contribution >= 0.6 is 0 Å². The third-order valence-electron chi connectivity index (χ3n) is 10.7. The van der Waals surface area contributed by atoms with Gasteiger partial charge in [0.25, 0.3) is 0 Å². The molecule has 7 aromatic rings. The van der Waals surface area contributed by atoms with E-state index >= 15 is 0 Å². The van der Waals surface area contributed by atoms with Crippen LogP contribution in [0.3, 0.4) is 0 Å². The highest BCUT2D eigenvalue weighted by Crippen LogP contribution is 2.64. The Kier molecular flexibility index (Phi) is 5.10. The van der Waals surface area contributed by atoms with Crippen molar-refractivity contribution in [3.05, 3.63) is 197 Å². The van der Waals surface area contributed by atoms with Gasteiger partial charge in [0.15, 0.2) is 0 Å². The minimum Gasteiger partial charge on any atom is -0.455 e. The molecule has 48 heavy (non-hydrogen) atoms. The lowest BCUT2D eigenvalue weighted by Crippen LogP contribution is -2.33. The average Bonchev–Trinajstić information content (AvgIpc) is 3.78. The molecule has 2 atom stereocenters. The Morgan fingerprint density at radius 1 is 0.583 bits per heavy atom. The third kappa shape index (κ3) is 3.25. The fourth-order valence-corrected chi connectivity index (χ4v) is 8.78. The van der Waals surface area contributed by atoms with E-state index in [2.05, 4.69) is 157 Å². The van der Waals surface area contributed by atoms with Gasteiger partial charge in [0, 0.05) is 27.5 Å². The van der Waals surface area contributed by atoms with Gasteiger partial charge in [-0.05, 0) is 56.6 Å². The first-order valence-corrected chi connectivity index (χ1v) is 16.6. The SMILES string of the molecule is C1=CC2=C(c3ccccc3)NC(c3ccc4c(c3)C3(c5ccccc5-4)c4ccccc4-c4c3ccc3c4oc4ccccc43)=NC2C=C1. The number of aliphatic imine (C=N–C) groups is 1. The van der Waals surface area contributed by atoms with Crippen molar-refractivity contribution in [1.82, 2.24) is 5.32 Å². The summed E-state index contributed by atoms with van der Waals surface area (Å²) in [6.07, 6.45) is 8.57. The molecule has 1 aliphatic heterocycles. The van der Waals surface area contributed by atoms with Gasteiger partial charge in [0.1, 0.15) is 17.0 Å². The van der Waals surface area contributed by atoms with Crippen LogP contribution in [-0.2, 0) is 5.41 Å². The van der Waals surface area contributed by atoms with Crippen LogP contribution in [0.15, 0.2) is 173 Å². The Labute approximate surface area is 277 Å². The largest absolute Gasteiger partial charge is 0.455 e. The standard InChI is InChI=1S/C45H28N2O/c1-2-12-27(13-3-1)42-34-17-6-10-20-39(34)46-44(47-42)28-22-23-30-29-14-4-8-18-35(29)45(38(30)26-28)36-19-9-5-16-33(36)41-37(45)25-24-32-31-15-7-11-21-40(31)48-43(32)41/h1-26,39H,(H,46,47). The molecule has 224 valence electrons. The van der Waals surface area contributed by atoms with Crippen LogP contribution < -0.4 is 5.32 Å². The van der Waals surface area contributed by atoms with Crippen molar-refractivity contribution in [1.29, 1.82) is 0 Å². The van der Waals surface area contributed by atoms with Crippen LogP contribution in [0.5, 0.6) is 0 Å². The number of benzene rings is 6. The Morgan fingerprint density at radius 3 is 2.23 bits per heavy atom. The number of hydrogen-bond donors (Lipinski definition) is 1. The van der Waals surface area contributed by atoms with E-state index in [1.54, 1.807) is 0 Å². The summed E-state index contributed by atoms with van der Waals surface area (Å²) in [6.45, 7) is 0. The lowest BCUT2D eigenvalue weighted by Gasteiger charge is -2.31. The van der Waals surface area contributed by atoms with Gasteiger partial charge in [-0.2, -0.15) is 0 Å². The maximum atomic E-state index is 6.71. The quantitative estimate of drug-likeness (QED) is 0.211. The van der Waals surface area contributed by atoms with Crippen molar-refractivity contribution in [2.24, 2.45) is 4.99 Å². The molecular formula is C45H28N2O. The zero-order valence-corrected chi connectivity index (χ0v) is 25.9. The summed E-state index contributed by atoms with van der Waals surface area (Å²) in [6, 6.07) is 48.4. The maximum Gasteiger partial charge on any atom is 0.143 e. The molecule has 3 nitrogen and oxygen atoms in total. The monoisotopic (exact) mass is 612 g/mol. The highest BCUT2D eigenvalue weighted by atomic mass is 16.3. The van der Waals surface area contributed by atoms with Gasteiger partial charge in [0.05, 0.1) is 17.2 Å². The van der Waals surface area contributed by atoms with Crippen LogP contribution in [0.2, 0.25) is 0 Å². The summed E-state index contributed by atoms with van der Waals surface area (Å²) in [5.41, 5.74) is 16.0. The summed E-state index contributed by atoms with van der Waals surface area (Å²) in [4.78, 5) is 5.29. The summed E-state index contributed by atoms with van der Waals surface area (Å²) >= 11 is 0. The Balaban J connectivity index is 1.17. The smallest absolute Gasteiger partial charge is 0.143 e. The van der Waals surface area contributed by atoms with E-state index < -0.39 is 5.41 Å². The first kappa shape index (κ1) is 25.9. The number of nitrogens with zero attached hydrogens (tertiary/aromatic N) is 1. The molecular weight excluding hydrogens is 585 g/mol. The molecule has 2 heterocycles. The van der Waals surface area contributed by atoms with Crippen LogP contribution in [0.4, 0.5) is 0 Å². The first-order valence-electron chi connectivity index (χ1n) is 16.6. The number of rotatable bonds is 2. The highest BCUT2D eigenvalue weighted by Gasteiger charge is 2.52. The third-order valence-corrected chi connectivity index (χ3v) is 10.7. The fraction of sp³-hybridized carbons (Fsp3) is 0.0444. The normalized spacial score (nSPS) is 19.6. The number of hydrogen-bond acceptors (Lipinski definition) is 3. The summed E-state index contributed by atoms with van der Waals surface area (Å²) in [5, 5.41) is 6.09. The second kappa shape index (κ2) is 9.43. The van der Waals surface area contributed by atoms with Gasteiger partial charge in [-0.3, -0.25) is 4.99 Å². The van der Waals surface area contributed by atoms with Gasteiger partial charge >= 0.3 is 0 Å². The van der Waals surface area contributed by atoms with Crippen molar-refractivity contribution in [2.45, 2.75) is 11.5 Å². The Bertz CT molecular complexity index is 2650. The number of nitrogens with one attached hydrogen (secondary N) is 1. The predicted molar refractivity (Wildman–Crippen MR) is 195 cm³/mol. The molecule has 3 aliphatic carbocycles. The molecule has 1 aromatic heterocycles. The van der Waals surface area contributed by atoms with Gasteiger partial charge in [-0.15, -0.1) is 0 Å².